The average molecular weight is 344 g/mol. The molecule has 0 amide bonds. The van der Waals surface area contributed by atoms with E-state index in [1.165, 1.54) is 0 Å². The zero-order chi connectivity index (χ0) is 17.6. The summed E-state index contributed by atoms with van der Waals surface area (Å²) in [5.74, 6) is 0.163. The Hall–Kier alpha value is -2.94. The van der Waals surface area contributed by atoms with Crippen molar-refractivity contribution < 1.29 is 9.66 Å². The zero-order valence-electron chi connectivity index (χ0n) is 13.6. The van der Waals surface area contributed by atoms with Gasteiger partial charge in [-0.15, -0.1) is 0 Å². The average Bonchev–Trinajstić information content (AvgIpc) is 3.12. The van der Waals surface area contributed by atoms with Crippen LogP contribution in [0.15, 0.2) is 30.3 Å². The predicted molar refractivity (Wildman–Crippen MR) is 94.3 cm³/mol. The Morgan fingerprint density at radius 2 is 2.08 bits per heavy atom. The maximum atomic E-state index is 11.3. The summed E-state index contributed by atoms with van der Waals surface area (Å²) in [6.07, 6.45) is 2.09. The van der Waals surface area contributed by atoms with Gasteiger partial charge in [-0.3, -0.25) is 10.1 Å². The number of anilines is 3. The number of nitro groups is 1. The van der Waals surface area contributed by atoms with Gasteiger partial charge in [-0.25, -0.2) is 0 Å². The number of ether oxygens (including phenoxy) is 1. The van der Waals surface area contributed by atoms with Gasteiger partial charge in [-0.05, 0) is 18.4 Å². The number of hydrogen-bond acceptors (Lipinski definition) is 8. The third-order valence-corrected chi connectivity index (χ3v) is 3.91. The minimum absolute atomic E-state index is 0.0937. The SMILES string of the molecule is Nc1nc(NC[C@@H]2CCCO2)nc(NCc2ccccc2)c1[N+](=O)[O-]. The number of rotatable bonds is 7. The van der Waals surface area contributed by atoms with Crippen molar-refractivity contribution in [1.29, 1.82) is 0 Å². The Labute approximate surface area is 144 Å². The number of benzene rings is 1. The van der Waals surface area contributed by atoms with Crippen LogP contribution in [0.1, 0.15) is 18.4 Å². The van der Waals surface area contributed by atoms with Crippen LogP contribution in [0.25, 0.3) is 0 Å². The van der Waals surface area contributed by atoms with Crippen LogP contribution in [-0.2, 0) is 11.3 Å². The molecule has 2 heterocycles. The summed E-state index contributed by atoms with van der Waals surface area (Å²) in [6.45, 7) is 1.68. The first kappa shape index (κ1) is 16.9. The standard InChI is InChI=1S/C16H20N6O3/c17-14-13(22(23)24)15(18-9-11-5-2-1-3-6-11)21-16(20-14)19-10-12-7-4-8-25-12/h1-3,5-6,12H,4,7-10H2,(H4,17,18,19,20,21)/t12-/m0/s1. The summed E-state index contributed by atoms with van der Waals surface area (Å²) in [6, 6.07) is 9.53. The van der Waals surface area contributed by atoms with Crippen LogP contribution in [0.5, 0.6) is 0 Å². The monoisotopic (exact) mass is 344 g/mol. The van der Waals surface area contributed by atoms with Gasteiger partial charge in [0.05, 0.1) is 11.0 Å². The molecule has 1 aliphatic rings. The first-order valence-electron chi connectivity index (χ1n) is 8.08. The minimum atomic E-state index is -0.577. The van der Waals surface area contributed by atoms with Crippen LogP contribution < -0.4 is 16.4 Å². The third kappa shape index (κ3) is 4.32. The van der Waals surface area contributed by atoms with Crippen molar-refractivity contribution in [2.45, 2.75) is 25.5 Å². The lowest BCUT2D eigenvalue weighted by Gasteiger charge is -2.13. The van der Waals surface area contributed by atoms with E-state index < -0.39 is 4.92 Å². The fourth-order valence-electron chi connectivity index (χ4n) is 2.65. The molecule has 3 rings (SSSR count). The van der Waals surface area contributed by atoms with E-state index in [4.69, 9.17) is 10.5 Å². The number of aromatic nitrogens is 2. The molecule has 132 valence electrons. The summed E-state index contributed by atoms with van der Waals surface area (Å²) < 4.78 is 5.53. The molecule has 0 bridgehead atoms. The van der Waals surface area contributed by atoms with Crippen LogP contribution >= 0.6 is 0 Å². The first-order valence-corrected chi connectivity index (χ1v) is 8.08. The highest BCUT2D eigenvalue weighted by Gasteiger charge is 2.23. The fourth-order valence-corrected chi connectivity index (χ4v) is 2.65. The Morgan fingerprint density at radius 1 is 1.28 bits per heavy atom. The highest BCUT2D eigenvalue weighted by Crippen LogP contribution is 2.29. The highest BCUT2D eigenvalue weighted by molar-refractivity contribution is 5.69. The van der Waals surface area contributed by atoms with Gasteiger partial charge in [0.1, 0.15) is 0 Å². The fraction of sp³-hybridized carbons (Fsp3) is 0.375. The highest BCUT2D eigenvalue weighted by atomic mass is 16.6. The number of nitrogens with zero attached hydrogens (tertiary/aromatic N) is 3. The second-order valence-electron chi connectivity index (χ2n) is 5.74. The van der Waals surface area contributed by atoms with Crippen molar-refractivity contribution in [2.75, 3.05) is 29.5 Å². The Bertz CT molecular complexity index is 734. The van der Waals surface area contributed by atoms with Crippen LogP contribution in [0.2, 0.25) is 0 Å². The number of hydrogen-bond donors (Lipinski definition) is 3. The molecule has 0 spiro atoms. The van der Waals surface area contributed by atoms with E-state index in [1.54, 1.807) is 0 Å². The summed E-state index contributed by atoms with van der Waals surface area (Å²) in [5, 5.41) is 17.3. The van der Waals surface area contributed by atoms with Crippen molar-refractivity contribution in [3.63, 3.8) is 0 Å². The van der Waals surface area contributed by atoms with Gasteiger partial charge in [-0.1, -0.05) is 30.3 Å². The number of nitrogens with two attached hydrogens (primary N) is 1. The molecule has 0 saturated carbocycles. The zero-order valence-corrected chi connectivity index (χ0v) is 13.6. The van der Waals surface area contributed by atoms with E-state index in [9.17, 15) is 10.1 Å². The molecule has 1 saturated heterocycles. The Morgan fingerprint density at radius 3 is 2.76 bits per heavy atom. The van der Waals surface area contributed by atoms with Gasteiger partial charge in [0.2, 0.25) is 17.6 Å². The molecule has 25 heavy (non-hydrogen) atoms. The van der Waals surface area contributed by atoms with Crippen LogP contribution in [0, 0.1) is 10.1 Å². The summed E-state index contributed by atoms with van der Waals surface area (Å²) in [5.41, 5.74) is 6.43. The van der Waals surface area contributed by atoms with Crippen molar-refractivity contribution >= 4 is 23.3 Å². The third-order valence-electron chi connectivity index (χ3n) is 3.91. The molecule has 0 unspecified atom stereocenters. The summed E-state index contributed by atoms with van der Waals surface area (Å²) >= 11 is 0. The van der Waals surface area contributed by atoms with E-state index in [0.717, 1.165) is 25.0 Å². The number of nitrogens with one attached hydrogen (secondary N) is 2. The molecule has 1 fully saturated rings. The predicted octanol–water partition coefficient (Wildman–Crippen LogP) is 2.17. The van der Waals surface area contributed by atoms with Gasteiger partial charge < -0.3 is 21.1 Å². The summed E-state index contributed by atoms with van der Waals surface area (Å²) in [7, 11) is 0. The summed E-state index contributed by atoms with van der Waals surface area (Å²) in [4.78, 5) is 18.9. The largest absolute Gasteiger partial charge is 0.378 e. The quantitative estimate of drug-likeness (QED) is 0.515. The molecule has 1 aliphatic heterocycles. The Kier molecular flexibility index (Phi) is 5.24. The van der Waals surface area contributed by atoms with Crippen molar-refractivity contribution in [2.24, 2.45) is 0 Å². The van der Waals surface area contributed by atoms with E-state index >= 15 is 0 Å². The molecule has 0 aliphatic carbocycles. The van der Waals surface area contributed by atoms with Gasteiger partial charge in [-0.2, -0.15) is 9.97 Å². The molecule has 9 heteroatoms. The van der Waals surface area contributed by atoms with Gasteiger partial charge in [0, 0.05) is 19.7 Å². The molecule has 2 aromatic rings. The normalized spacial score (nSPS) is 16.6. The molecule has 1 atom stereocenters. The van der Waals surface area contributed by atoms with E-state index in [-0.39, 0.29) is 29.4 Å². The number of nitrogen functional groups attached to an aromatic ring is 1. The smallest absolute Gasteiger partial charge is 0.353 e. The topological polar surface area (TPSA) is 128 Å². The van der Waals surface area contributed by atoms with Crippen molar-refractivity contribution in [3.8, 4) is 0 Å². The molecule has 1 aromatic heterocycles. The second kappa shape index (κ2) is 7.75. The van der Waals surface area contributed by atoms with Gasteiger partial charge >= 0.3 is 5.69 Å². The van der Waals surface area contributed by atoms with Crippen molar-refractivity contribution in [1.82, 2.24) is 9.97 Å². The van der Waals surface area contributed by atoms with Gasteiger partial charge in [0.15, 0.2) is 0 Å². The first-order chi connectivity index (χ1) is 12.1. The second-order valence-corrected chi connectivity index (χ2v) is 5.74. The minimum Gasteiger partial charge on any atom is -0.378 e. The lowest BCUT2D eigenvalue weighted by atomic mass is 10.2. The van der Waals surface area contributed by atoms with Crippen LogP contribution in [-0.4, -0.2) is 34.1 Å². The molecule has 0 radical (unpaired) electrons. The molecular weight excluding hydrogens is 324 g/mol. The van der Waals surface area contributed by atoms with Crippen LogP contribution in [0.3, 0.4) is 0 Å². The van der Waals surface area contributed by atoms with E-state index in [1.807, 2.05) is 30.3 Å². The maximum Gasteiger partial charge on any atom is 0.353 e. The molecule has 4 N–H and O–H groups in total. The lowest BCUT2D eigenvalue weighted by Crippen LogP contribution is -2.20. The van der Waals surface area contributed by atoms with Crippen molar-refractivity contribution in [3.05, 3.63) is 46.0 Å². The van der Waals surface area contributed by atoms with Gasteiger partial charge in [0.25, 0.3) is 0 Å². The Balaban J connectivity index is 1.76. The van der Waals surface area contributed by atoms with Crippen LogP contribution in [0.4, 0.5) is 23.3 Å². The molecule has 9 nitrogen and oxygen atoms in total. The molecule has 1 aromatic carbocycles. The lowest BCUT2D eigenvalue weighted by molar-refractivity contribution is -0.383. The maximum absolute atomic E-state index is 11.3. The van der Waals surface area contributed by atoms with E-state index in [0.29, 0.717) is 13.1 Å². The van der Waals surface area contributed by atoms with E-state index in [2.05, 4.69) is 20.6 Å². The molecular formula is C16H20N6O3.